The first-order valence-electron chi connectivity index (χ1n) is 9.52. The lowest BCUT2D eigenvalue weighted by Gasteiger charge is -2.12. The van der Waals surface area contributed by atoms with Crippen LogP contribution in [-0.2, 0) is 20.9 Å². The highest BCUT2D eigenvalue weighted by atomic mass is 79.9. The van der Waals surface area contributed by atoms with Gasteiger partial charge < -0.3 is 14.2 Å². The number of ether oxygens (including phenoxy) is 3. The van der Waals surface area contributed by atoms with Gasteiger partial charge in [-0.05, 0) is 60.1 Å². The molecule has 0 radical (unpaired) electrons. The van der Waals surface area contributed by atoms with Crippen molar-refractivity contribution in [3.05, 3.63) is 69.0 Å². The number of carbonyl (C=O) groups excluding carboxylic acids is 2. The van der Waals surface area contributed by atoms with Crippen LogP contribution in [0.4, 0.5) is 0 Å². The third-order valence-corrected chi connectivity index (χ3v) is 5.46. The van der Waals surface area contributed by atoms with Crippen LogP contribution in [0.5, 0.6) is 11.5 Å². The molecule has 3 rings (SSSR count). The molecule has 10 heteroatoms. The zero-order valence-electron chi connectivity index (χ0n) is 17.3. The third kappa shape index (κ3) is 6.69. The van der Waals surface area contributed by atoms with Gasteiger partial charge in [0.2, 0.25) is 0 Å². The molecule has 0 spiro atoms. The highest BCUT2D eigenvalue weighted by Gasteiger charge is 2.25. The number of thioether (sulfide) groups is 1. The molecule has 32 heavy (non-hydrogen) atoms. The first-order valence-corrected chi connectivity index (χ1v) is 11.1. The molecule has 0 unspecified atom stereocenters. The molecule has 2 aromatic carbocycles. The van der Waals surface area contributed by atoms with E-state index in [2.05, 4.69) is 36.2 Å². The number of hydrogen-bond donors (Lipinski definition) is 1. The monoisotopic (exact) mass is 517 g/mol. The van der Waals surface area contributed by atoms with Crippen molar-refractivity contribution in [2.24, 2.45) is 10.2 Å². The summed E-state index contributed by atoms with van der Waals surface area (Å²) >= 11 is 4.42. The van der Waals surface area contributed by atoms with Gasteiger partial charge in [0.25, 0.3) is 5.91 Å². The van der Waals surface area contributed by atoms with Crippen LogP contribution in [0.15, 0.2) is 68.1 Å². The van der Waals surface area contributed by atoms with Crippen molar-refractivity contribution in [1.29, 1.82) is 0 Å². The van der Waals surface area contributed by atoms with Crippen molar-refractivity contribution in [2.75, 3.05) is 13.7 Å². The first-order chi connectivity index (χ1) is 15.5. The zero-order valence-corrected chi connectivity index (χ0v) is 19.7. The highest BCUT2D eigenvalue weighted by molar-refractivity contribution is 9.10. The van der Waals surface area contributed by atoms with Gasteiger partial charge in [0.15, 0.2) is 16.7 Å². The number of rotatable bonds is 8. The molecule has 0 atom stereocenters. The largest absolute Gasteiger partial charge is 0.490 e. The van der Waals surface area contributed by atoms with Crippen LogP contribution in [0, 0.1) is 0 Å². The summed E-state index contributed by atoms with van der Waals surface area (Å²) < 4.78 is 17.1. The molecule has 8 nitrogen and oxygen atoms in total. The second kappa shape index (κ2) is 11.5. The third-order valence-electron chi connectivity index (χ3n) is 4.03. The van der Waals surface area contributed by atoms with E-state index in [0.29, 0.717) is 24.7 Å². The number of esters is 1. The Morgan fingerprint density at radius 2 is 1.94 bits per heavy atom. The number of nitrogens with one attached hydrogen (secondary N) is 1. The highest BCUT2D eigenvalue weighted by Crippen LogP contribution is 2.29. The Morgan fingerprint density at radius 1 is 1.16 bits per heavy atom. The molecule has 0 aromatic heterocycles. The van der Waals surface area contributed by atoms with Gasteiger partial charge in [-0.2, -0.15) is 5.10 Å². The maximum atomic E-state index is 11.8. The van der Waals surface area contributed by atoms with Crippen LogP contribution >= 0.6 is 27.7 Å². The van der Waals surface area contributed by atoms with Crippen molar-refractivity contribution in [1.82, 2.24) is 5.32 Å². The number of benzene rings is 2. The Morgan fingerprint density at radius 3 is 2.66 bits per heavy atom. The van der Waals surface area contributed by atoms with E-state index in [4.69, 9.17) is 9.47 Å². The van der Waals surface area contributed by atoms with Gasteiger partial charge >= 0.3 is 5.97 Å². The van der Waals surface area contributed by atoms with Gasteiger partial charge in [-0.3, -0.25) is 10.1 Å². The molecule has 1 N–H and O–H groups in total. The number of amides is 1. The fourth-order valence-corrected chi connectivity index (χ4v) is 3.53. The Hall–Kier alpha value is -3.11. The predicted octanol–water partition coefficient (Wildman–Crippen LogP) is 4.04. The fourth-order valence-electron chi connectivity index (χ4n) is 2.52. The maximum absolute atomic E-state index is 11.8. The van der Waals surface area contributed by atoms with E-state index in [9.17, 15) is 9.59 Å². The van der Waals surface area contributed by atoms with Gasteiger partial charge in [0.1, 0.15) is 6.61 Å². The van der Waals surface area contributed by atoms with E-state index in [-0.39, 0.29) is 10.1 Å². The van der Waals surface area contributed by atoms with Crippen LogP contribution in [0.2, 0.25) is 0 Å². The van der Waals surface area contributed by atoms with Crippen molar-refractivity contribution < 1.29 is 23.8 Å². The fraction of sp³-hybridized carbons (Fsp3) is 0.182. The molecule has 0 bridgehead atoms. The summed E-state index contributed by atoms with van der Waals surface area (Å²) in [7, 11) is 1.24. The summed E-state index contributed by atoms with van der Waals surface area (Å²) in [5.41, 5.74) is 1.78. The smallest absolute Gasteiger partial charge is 0.331 e. The van der Waals surface area contributed by atoms with Crippen LogP contribution in [0.25, 0.3) is 0 Å². The minimum absolute atomic E-state index is 0.191. The summed E-state index contributed by atoms with van der Waals surface area (Å²) in [4.78, 5) is 23.3. The summed E-state index contributed by atoms with van der Waals surface area (Å²) in [6.07, 6.45) is 2.64. The summed E-state index contributed by atoms with van der Waals surface area (Å²) in [5, 5.41) is 10.8. The molecule has 0 aliphatic carbocycles. The predicted molar refractivity (Wildman–Crippen MR) is 127 cm³/mol. The second-order valence-corrected chi connectivity index (χ2v) is 8.24. The van der Waals surface area contributed by atoms with Gasteiger partial charge in [0, 0.05) is 10.5 Å². The van der Waals surface area contributed by atoms with Crippen molar-refractivity contribution >= 4 is 51.0 Å². The molecule has 1 amide bonds. The van der Waals surface area contributed by atoms with Crippen molar-refractivity contribution in [3.8, 4) is 11.5 Å². The van der Waals surface area contributed by atoms with E-state index in [1.165, 1.54) is 13.3 Å². The van der Waals surface area contributed by atoms with Crippen LogP contribution in [-0.4, -0.2) is 37.0 Å². The Bertz CT molecular complexity index is 1080. The minimum Gasteiger partial charge on any atom is -0.490 e. The van der Waals surface area contributed by atoms with E-state index in [1.807, 2.05) is 43.3 Å². The molecule has 1 aliphatic rings. The van der Waals surface area contributed by atoms with Crippen molar-refractivity contribution in [3.63, 3.8) is 0 Å². The Kier molecular flexibility index (Phi) is 8.46. The normalized spacial score (nSPS) is 15.9. The molecular weight excluding hydrogens is 498 g/mol. The number of amidine groups is 1. The minimum atomic E-state index is -0.613. The number of hydrogen-bond acceptors (Lipinski definition) is 8. The number of methoxy groups -OCH3 is 1. The number of carbonyl (C=O) groups is 2. The van der Waals surface area contributed by atoms with Gasteiger partial charge in [-0.25, -0.2) is 4.79 Å². The van der Waals surface area contributed by atoms with Crippen LogP contribution in [0.1, 0.15) is 18.1 Å². The van der Waals surface area contributed by atoms with E-state index in [0.717, 1.165) is 33.4 Å². The van der Waals surface area contributed by atoms with Gasteiger partial charge in [-0.1, -0.05) is 28.1 Å². The van der Waals surface area contributed by atoms with Crippen LogP contribution in [0.3, 0.4) is 0 Å². The Labute approximate surface area is 197 Å². The molecule has 166 valence electrons. The van der Waals surface area contributed by atoms with E-state index < -0.39 is 11.9 Å². The molecule has 1 aliphatic heterocycles. The summed E-state index contributed by atoms with van der Waals surface area (Å²) in [6, 6.07) is 13.3. The second-order valence-electron chi connectivity index (χ2n) is 6.29. The average Bonchev–Trinajstić information content (AvgIpc) is 3.13. The lowest BCUT2D eigenvalue weighted by atomic mass is 10.2. The maximum Gasteiger partial charge on any atom is 0.331 e. The SMILES string of the molecule is CCOc1cc(C=N/N=C2/NC(=O)/C(=C\C(=O)OC)S2)ccc1OCc1ccc(Br)cc1. The number of nitrogens with zero attached hydrogens (tertiary/aromatic N) is 2. The number of halogens is 1. The molecule has 1 saturated heterocycles. The molecule has 1 heterocycles. The van der Waals surface area contributed by atoms with Crippen molar-refractivity contribution in [2.45, 2.75) is 13.5 Å². The van der Waals surface area contributed by atoms with E-state index in [1.54, 1.807) is 6.07 Å². The summed E-state index contributed by atoms with van der Waals surface area (Å²) in [5.74, 6) is 0.168. The zero-order chi connectivity index (χ0) is 22.9. The lowest BCUT2D eigenvalue weighted by Crippen LogP contribution is -2.19. The first kappa shape index (κ1) is 23.6. The summed E-state index contributed by atoms with van der Waals surface area (Å²) in [6.45, 7) is 2.78. The molecule has 2 aromatic rings. The lowest BCUT2D eigenvalue weighted by molar-refractivity contribution is -0.135. The standard InChI is InChI=1S/C22H20BrN3O5S/c1-3-30-18-10-15(6-9-17(18)31-13-14-4-7-16(23)8-5-14)12-24-26-22-25-21(28)19(32-22)11-20(27)29-2/h4-12H,3,13H2,1-2H3,(H,25,26,28)/b19-11+,24-12?. The van der Waals surface area contributed by atoms with Crippen LogP contribution < -0.4 is 14.8 Å². The quantitative estimate of drug-likeness (QED) is 0.245. The van der Waals surface area contributed by atoms with Gasteiger partial charge in [0.05, 0.1) is 24.8 Å². The molecular formula is C22H20BrN3O5S. The molecule has 1 fully saturated rings. The Balaban J connectivity index is 1.67. The topological polar surface area (TPSA) is 98.6 Å². The average molecular weight is 518 g/mol. The van der Waals surface area contributed by atoms with Gasteiger partial charge in [-0.15, -0.1) is 5.10 Å². The molecule has 0 saturated carbocycles. The van der Waals surface area contributed by atoms with E-state index >= 15 is 0 Å².